The van der Waals surface area contributed by atoms with E-state index in [1.807, 2.05) is 90.4 Å². The smallest absolute Gasteiger partial charge is 0.148 e. The average Bonchev–Trinajstić information content (AvgIpc) is 3.09. The zero-order valence-electron chi connectivity index (χ0n) is 16.4. The molecule has 0 unspecified atom stereocenters. The van der Waals surface area contributed by atoms with Gasteiger partial charge in [0.2, 0.25) is 0 Å². The molecule has 5 nitrogen and oxygen atoms in total. The van der Waals surface area contributed by atoms with Gasteiger partial charge in [-0.1, -0.05) is 42.5 Å². The molecule has 0 radical (unpaired) electrons. The molecule has 0 amide bonds. The van der Waals surface area contributed by atoms with E-state index in [9.17, 15) is 5.11 Å². The third kappa shape index (κ3) is 4.76. The van der Waals surface area contributed by atoms with Crippen LogP contribution in [0.5, 0.6) is 11.5 Å². The fourth-order valence-corrected chi connectivity index (χ4v) is 3.26. The Bertz CT molecular complexity index is 1080. The van der Waals surface area contributed by atoms with Crippen LogP contribution in [0.25, 0.3) is 11.0 Å². The summed E-state index contributed by atoms with van der Waals surface area (Å²) in [5, 5.41) is 10.6. The van der Waals surface area contributed by atoms with Crippen molar-refractivity contribution in [3.63, 3.8) is 0 Å². The Morgan fingerprint density at radius 2 is 1.66 bits per heavy atom. The summed E-state index contributed by atoms with van der Waals surface area (Å²) < 4.78 is 13.7. The van der Waals surface area contributed by atoms with Crippen molar-refractivity contribution in [2.24, 2.45) is 0 Å². The molecule has 0 aliphatic rings. The van der Waals surface area contributed by atoms with E-state index in [1.54, 1.807) is 0 Å². The van der Waals surface area contributed by atoms with Crippen molar-refractivity contribution >= 4 is 11.0 Å². The highest BCUT2D eigenvalue weighted by atomic mass is 16.5. The predicted octanol–water partition coefficient (Wildman–Crippen LogP) is 4.36. The van der Waals surface area contributed by atoms with Gasteiger partial charge in [0.1, 0.15) is 36.6 Å². The van der Waals surface area contributed by atoms with Crippen LogP contribution in [0.15, 0.2) is 78.9 Å². The molecular formula is C24H24N2O3. The van der Waals surface area contributed by atoms with Crippen molar-refractivity contribution in [3.05, 3.63) is 90.3 Å². The number of aryl methyl sites for hydroxylation is 1. The lowest BCUT2D eigenvalue weighted by atomic mass is 10.2. The predicted molar refractivity (Wildman–Crippen MR) is 113 cm³/mol. The quantitative estimate of drug-likeness (QED) is 0.487. The lowest BCUT2D eigenvalue weighted by molar-refractivity contribution is 0.0917. The van der Waals surface area contributed by atoms with E-state index in [4.69, 9.17) is 14.5 Å². The fourth-order valence-electron chi connectivity index (χ4n) is 3.26. The van der Waals surface area contributed by atoms with E-state index >= 15 is 0 Å². The Labute approximate surface area is 170 Å². The number of nitrogens with zero attached hydrogens (tertiary/aromatic N) is 2. The van der Waals surface area contributed by atoms with Gasteiger partial charge in [-0.2, -0.15) is 0 Å². The van der Waals surface area contributed by atoms with Gasteiger partial charge in [-0.15, -0.1) is 0 Å². The molecule has 4 aromatic rings. The van der Waals surface area contributed by atoms with Crippen LogP contribution in [-0.4, -0.2) is 27.4 Å². The van der Waals surface area contributed by atoms with Gasteiger partial charge >= 0.3 is 0 Å². The van der Waals surface area contributed by atoms with Crippen molar-refractivity contribution in [1.82, 2.24) is 9.55 Å². The molecule has 1 N–H and O–H groups in total. The summed E-state index contributed by atoms with van der Waals surface area (Å²) in [4.78, 5) is 4.71. The van der Waals surface area contributed by atoms with Crippen LogP contribution in [0.1, 0.15) is 11.4 Å². The minimum absolute atomic E-state index is 0.203. The highest BCUT2D eigenvalue weighted by Gasteiger charge is 2.15. The standard InChI is InChI=1S/C24H24N2O3/c1-18-8-7-11-21(14-18)29-17-24-25-22-12-5-6-13-23(22)26(24)15-19(27)16-28-20-9-3-2-4-10-20/h2-14,19,27H,15-17H2,1H3/t19-/m1/s1. The summed E-state index contributed by atoms with van der Waals surface area (Å²) >= 11 is 0. The molecule has 148 valence electrons. The van der Waals surface area contributed by atoms with E-state index in [2.05, 4.69) is 0 Å². The van der Waals surface area contributed by atoms with Crippen molar-refractivity contribution in [2.45, 2.75) is 26.2 Å². The SMILES string of the molecule is Cc1cccc(OCc2nc3ccccc3n2C[C@@H](O)COc2ccccc2)c1. The second-order valence-corrected chi connectivity index (χ2v) is 7.01. The normalized spacial score (nSPS) is 12.1. The largest absolute Gasteiger partial charge is 0.491 e. The third-order valence-corrected chi connectivity index (χ3v) is 4.67. The molecule has 0 spiro atoms. The van der Waals surface area contributed by atoms with Gasteiger partial charge < -0.3 is 19.1 Å². The second-order valence-electron chi connectivity index (χ2n) is 7.01. The van der Waals surface area contributed by atoms with Gasteiger partial charge in [0, 0.05) is 0 Å². The third-order valence-electron chi connectivity index (χ3n) is 4.67. The number of ether oxygens (including phenoxy) is 2. The molecule has 1 atom stereocenters. The lowest BCUT2D eigenvalue weighted by Gasteiger charge is -2.16. The number of para-hydroxylation sites is 3. The van der Waals surface area contributed by atoms with Crippen LogP contribution < -0.4 is 9.47 Å². The number of aromatic nitrogens is 2. The van der Waals surface area contributed by atoms with Crippen molar-refractivity contribution in [3.8, 4) is 11.5 Å². The van der Waals surface area contributed by atoms with E-state index < -0.39 is 6.10 Å². The Balaban J connectivity index is 1.50. The molecule has 5 heteroatoms. The first-order chi connectivity index (χ1) is 14.2. The number of hydrogen-bond donors (Lipinski definition) is 1. The molecule has 0 saturated carbocycles. The minimum atomic E-state index is -0.675. The van der Waals surface area contributed by atoms with Crippen LogP contribution in [0, 0.1) is 6.92 Å². The zero-order valence-corrected chi connectivity index (χ0v) is 16.4. The van der Waals surface area contributed by atoms with Crippen molar-refractivity contribution in [1.29, 1.82) is 0 Å². The first-order valence-corrected chi connectivity index (χ1v) is 9.68. The monoisotopic (exact) mass is 388 g/mol. The highest BCUT2D eigenvalue weighted by Crippen LogP contribution is 2.20. The van der Waals surface area contributed by atoms with Gasteiger partial charge in [0.05, 0.1) is 17.6 Å². The van der Waals surface area contributed by atoms with Gasteiger partial charge in [0.25, 0.3) is 0 Å². The van der Waals surface area contributed by atoms with Crippen LogP contribution in [0.2, 0.25) is 0 Å². The number of benzene rings is 3. The molecule has 3 aromatic carbocycles. The molecule has 0 bridgehead atoms. The van der Waals surface area contributed by atoms with Gasteiger partial charge in [-0.3, -0.25) is 0 Å². The summed E-state index contributed by atoms with van der Waals surface area (Å²) in [7, 11) is 0. The molecule has 0 fully saturated rings. The number of aliphatic hydroxyl groups is 1. The highest BCUT2D eigenvalue weighted by molar-refractivity contribution is 5.75. The summed E-state index contributed by atoms with van der Waals surface area (Å²) in [6.45, 7) is 2.93. The maximum Gasteiger partial charge on any atom is 0.148 e. The van der Waals surface area contributed by atoms with Crippen LogP contribution in [-0.2, 0) is 13.2 Å². The Hall–Kier alpha value is -3.31. The molecule has 1 heterocycles. The number of fused-ring (bicyclic) bond motifs is 1. The average molecular weight is 388 g/mol. The first kappa shape index (κ1) is 19.0. The van der Waals surface area contributed by atoms with Crippen molar-refractivity contribution in [2.75, 3.05) is 6.61 Å². The number of aliphatic hydroxyl groups excluding tert-OH is 1. The molecule has 0 aliphatic heterocycles. The Morgan fingerprint density at radius 1 is 0.897 bits per heavy atom. The van der Waals surface area contributed by atoms with Gasteiger partial charge in [-0.25, -0.2) is 4.98 Å². The molecule has 4 rings (SSSR count). The zero-order chi connectivity index (χ0) is 20.1. The molecule has 29 heavy (non-hydrogen) atoms. The Kier molecular flexibility index (Phi) is 5.77. The Morgan fingerprint density at radius 3 is 2.48 bits per heavy atom. The van der Waals surface area contributed by atoms with Crippen LogP contribution in [0.4, 0.5) is 0 Å². The number of imidazole rings is 1. The van der Waals surface area contributed by atoms with E-state index in [1.165, 1.54) is 0 Å². The minimum Gasteiger partial charge on any atom is -0.491 e. The van der Waals surface area contributed by atoms with Gasteiger partial charge in [0.15, 0.2) is 0 Å². The molecular weight excluding hydrogens is 364 g/mol. The maximum atomic E-state index is 10.6. The summed E-state index contributed by atoms with van der Waals surface area (Å²) in [5.41, 5.74) is 2.99. The van der Waals surface area contributed by atoms with Crippen LogP contribution >= 0.6 is 0 Å². The molecule has 0 saturated heterocycles. The first-order valence-electron chi connectivity index (χ1n) is 9.68. The maximum absolute atomic E-state index is 10.6. The molecule has 1 aromatic heterocycles. The van der Waals surface area contributed by atoms with Crippen LogP contribution in [0.3, 0.4) is 0 Å². The summed E-state index contributed by atoms with van der Waals surface area (Å²) in [5.74, 6) is 2.31. The summed E-state index contributed by atoms with van der Waals surface area (Å²) in [6.07, 6.45) is -0.675. The topological polar surface area (TPSA) is 56.5 Å². The number of rotatable bonds is 8. The van der Waals surface area contributed by atoms with Crippen molar-refractivity contribution < 1.29 is 14.6 Å². The lowest BCUT2D eigenvalue weighted by Crippen LogP contribution is -2.25. The second kappa shape index (κ2) is 8.80. The fraction of sp³-hybridized carbons (Fsp3) is 0.208. The number of hydrogen-bond acceptors (Lipinski definition) is 4. The van der Waals surface area contributed by atoms with E-state index in [0.717, 1.165) is 33.9 Å². The van der Waals surface area contributed by atoms with E-state index in [0.29, 0.717) is 13.2 Å². The summed E-state index contributed by atoms with van der Waals surface area (Å²) in [6, 6.07) is 25.3. The molecule has 0 aliphatic carbocycles. The van der Waals surface area contributed by atoms with E-state index in [-0.39, 0.29) is 6.61 Å². The van der Waals surface area contributed by atoms with Gasteiger partial charge in [-0.05, 0) is 48.9 Å².